The average molecular weight is 505 g/mol. The van der Waals surface area contributed by atoms with Crippen LogP contribution in [0.1, 0.15) is 27.2 Å². The first kappa shape index (κ1) is 24.5. The molecule has 38 heavy (non-hydrogen) atoms. The number of rotatable bonds is 3. The molecule has 4 aromatic rings. The molecule has 188 valence electrons. The van der Waals surface area contributed by atoms with Crippen molar-refractivity contribution in [3.05, 3.63) is 118 Å². The second kappa shape index (κ2) is 10.4. The van der Waals surface area contributed by atoms with Crippen LogP contribution in [0.3, 0.4) is 0 Å². The molecule has 2 aromatic heterocycles. The van der Waals surface area contributed by atoms with E-state index in [1.807, 2.05) is 42.5 Å². The van der Waals surface area contributed by atoms with Gasteiger partial charge in [-0.2, -0.15) is 0 Å². The quantitative estimate of drug-likeness (QED) is 0.433. The minimum absolute atomic E-state index is 0.0652. The Morgan fingerprint density at radius 2 is 1.82 bits per heavy atom. The molecular weight excluding hydrogens is 480 g/mol. The zero-order valence-corrected chi connectivity index (χ0v) is 20.8. The maximum Gasteiger partial charge on any atom is 0.257 e. The highest BCUT2D eigenvalue weighted by molar-refractivity contribution is 6.03. The molecule has 0 saturated heterocycles. The van der Waals surface area contributed by atoms with Crippen molar-refractivity contribution in [1.29, 1.82) is 0 Å². The number of aromatic nitrogens is 2. The predicted molar refractivity (Wildman–Crippen MR) is 144 cm³/mol. The molecule has 8 heteroatoms. The summed E-state index contributed by atoms with van der Waals surface area (Å²) in [4.78, 5) is 44.6. The highest BCUT2D eigenvalue weighted by atomic mass is 16.5. The first-order valence-electron chi connectivity index (χ1n) is 12.0. The van der Waals surface area contributed by atoms with Gasteiger partial charge in [0, 0.05) is 54.2 Å². The van der Waals surface area contributed by atoms with Gasteiger partial charge in [0.2, 0.25) is 0 Å². The average Bonchev–Trinajstić information content (AvgIpc) is 3.05. The zero-order chi connectivity index (χ0) is 26.6. The highest BCUT2D eigenvalue weighted by Gasteiger charge is 2.31. The van der Waals surface area contributed by atoms with E-state index in [1.54, 1.807) is 49.1 Å². The molecule has 2 amide bonds. The lowest BCUT2D eigenvalue weighted by atomic mass is 10.1. The summed E-state index contributed by atoms with van der Waals surface area (Å²) in [5.74, 6) is 5.59. The van der Waals surface area contributed by atoms with E-state index in [2.05, 4.69) is 22.1 Å². The molecule has 2 aromatic carbocycles. The molecule has 3 heterocycles. The van der Waals surface area contributed by atoms with E-state index in [0.717, 1.165) is 11.3 Å². The maximum atomic E-state index is 13.3. The van der Waals surface area contributed by atoms with Crippen molar-refractivity contribution in [2.24, 2.45) is 0 Å². The van der Waals surface area contributed by atoms with E-state index in [4.69, 9.17) is 4.74 Å². The van der Waals surface area contributed by atoms with Crippen LogP contribution in [0.25, 0.3) is 5.69 Å². The van der Waals surface area contributed by atoms with Crippen molar-refractivity contribution < 1.29 is 14.3 Å². The third-order valence-corrected chi connectivity index (χ3v) is 6.20. The van der Waals surface area contributed by atoms with Gasteiger partial charge in [0.15, 0.2) is 5.43 Å². The Morgan fingerprint density at radius 1 is 1.03 bits per heavy atom. The summed E-state index contributed by atoms with van der Waals surface area (Å²) in [7, 11) is 1.61. The molecule has 0 spiro atoms. The largest absolute Gasteiger partial charge is 0.489 e. The van der Waals surface area contributed by atoms with Gasteiger partial charge in [-0.25, -0.2) is 0 Å². The molecule has 1 aliphatic rings. The van der Waals surface area contributed by atoms with Crippen molar-refractivity contribution in [2.45, 2.75) is 13.0 Å². The molecule has 8 nitrogen and oxygen atoms in total. The number of para-hydroxylation sites is 1. The van der Waals surface area contributed by atoms with Crippen molar-refractivity contribution in [2.75, 3.05) is 18.6 Å². The summed E-state index contributed by atoms with van der Waals surface area (Å²) in [5.41, 5.74) is 3.00. The molecule has 0 bridgehead atoms. The molecule has 5 rings (SSSR count). The van der Waals surface area contributed by atoms with Crippen LogP contribution >= 0.6 is 0 Å². The third-order valence-electron chi connectivity index (χ3n) is 6.20. The second-order valence-corrected chi connectivity index (χ2v) is 8.81. The number of fused-ring (bicyclic) bond motifs is 1. The van der Waals surface area contributed by atoms with Crippen LogP contribution in [0.5, 0.6) is 5.75 Å². The fourth-order valence-electron chi connectivity index (χ4n) is 4.17. The number of amides is 2. The van der Waals surface area contributed by atoms with Crippen molar-refractivity contribution in [3.8, 4) is 23.3 Å². The van der Waals surface area contributed by atoms with Gasteiger partial charge < -0.3 is 19.5 Å². The number of anilines is 1. The first-order valence-corrected chi connectivity index (χ1v) is 12.0. The number of benzene rings is 2. The lowest BCUT2D eigenvalue weighted by molar-refractivity contribution is -0.120. The van der Waals surface area contributed by atoms with Crippen LogP contribution in [-0.2, 0) is 4.79 Å². The molecular formula is C30H24N4O4. The number of hydrogen-bond donors (Lipinski definition) is 1. The van der Waals surface area contributed by atoms with E-state index in [9.17, 15) is 14.4 Å². The van der Waals surface area contributed by atoms with Crippen molar-refractivity contribution in [3.63, 3.8) is 0 Å². The Morgan fingerprint density at radius 3 is 2.58 bits per heavy atom. The van der Waals surface area contributed by atoms with E-state index >= 15 is 0 Å². The van der Waals surface area contributed by atoms with Gasteiger partial charge in [0.25, 0.3) is 11.8 Å². The maximum absolute atomic E-state index is 13.3. The molecule has 0 aliphatic carbocycles. The van der Waals surface area contributed by atoms with E-state index < -0.39 is 17.4 Å². The highest BCUT2D eigenvalue weighted by Crippen LogP contribution is 2.31. The number of hydrogen-bond acceptors (Lipinski definition) is 5. The van der Waals surface area contributed by atoms with E-state index in [-0.39, 0.29) is 18.1 Å². The summed E-state index contributed by atoms with van der Waals surface area (Å²) >= 11 is 0. The number of likely N-dealkylation sites (N-methyl/N-ethyl adjacent to an activating group) is 1. The number of carbonyl (C=O) groups is 2. The number of nitrogens with zero attached hydrogens (tertiary/aromatic N) is 3. The smallest absolute Gasteiger partial charge is 0.257 e. The molecule has 0 unspecified atom stereocenters. The Kier molecular flexibility index (Phi) is 6.74. The van der Waals surface area contributed by atoms with Crippen LogP contribution in [0.4, 0.5) is 5.69 Å². The molecule has 0 saturated carbocycles. The molecule has 0 radical (unpaired) electrons. The summed E-state index contributed by atoms with van der Waals surface area (Å²) in [6.07, 6.45) is 4.85. The van der Waals surface area contributed by atoms with Gasteiger partial charge in [-0.1, -0.05) is 30.0 Å². The lowest BCUT2D eigenvalue weighted by Crippen LogP contribution is -2.50. The number of nitrogens with one attached hydrogen (secondary N) is 1. The number of aryl methyl sites for hydroxylation is 1. The van der Waals surface area contributed by atoms with Gasteiger partial charge in [-0.15, -0.1) is 0 Å². The van der Waals surface area contributed by atoms with Crippen LogP contribution in [0, 0.1) is 18.8 Å². The number of ether oxygens (including phenoxy) is 1. The topological polar surface area (TPSA) is 93.5 Å². The zero-order valence-electron chi connectivity index (χ0n) is 20.8. The van der Waals surface area contributed by atoms with Gasteiger partial charge in [-0.3, -0.25) is 19.4 Å². The van der Waals surface area contributed by atoms with Gasteiger partial charge in [0.05, 0.1) is 5.69 Å². The Hall–Kier alpha value is -5.16. The SMILES string of the molecule is Cc1cc(=O)c(C(=O)N[C@H]2COc3ccc(C#Cc4cccnc4)cc3N(C)C2=O)cn1-c1ccccc1. The Labute approximate surface area is 219 Å². The third kappa shape index (κ3) is 5.04. The summed E-state index contributed by atoms with van der Waals surface area (Å²) < 4.78 is 7.64. The second-order valence-electron chi connectivity index (χ2n) is 8.81. The molecule has 1 aliphatic heterocycles. The van der Waals surface area contributed by atoms with Crippen LogP contribution in [0.15, 0.2) is 90.1 Å². The molecule has 1 atom stereocenters. The Balaban J connectivity index is 1.37. The fourth-order valence-corrected chi connectivity index (χ4v) is 4.17. The molecule has 0 fully saturated rings. The monoisotopic (exact) mass is 504 g/mol. The minimum Gasteiger partial charge on any atom is -0.489 e. The standard InChI is InChI=1S/C30H24N4O4/c1-20-15-27(35)24(18-34(20)23-8-4-3-5-9-23)29(36)32-25-19-38-28-13-12-21(16-26(28)33(2)30(25)37)10-11-22-7-6-14-31-17-22/h3-9,12-18,25H,19H2,1-2H3,(H,32,36)/t25-/m0/s1. The summed E-state index contributed by atoms with van der Waals surface area (Å²) in [6, 6.07) is 18.8. The van der Waals surface area contributed by atoms with E-state index in [1.165, 1.54) is 17.2 Å². The number of pyridine rings is 2. The number of carbonyl (C=O) groups excluding carboxylic acids is 2. The van der Waals surface area contributed by atoms with Gasteiger partial charge >= 0.3 is 0 Å². The minimum atomic E-state index is -0.990. The Bertz CT molecular complexity index is 1640. The summed E-state index contributed by atoms with van der Waals surface area (Å²) in [6.45, 7) is 1.71. The predicted octanol–water partition coefficient (Wildman–Crippen LogP) is 3.09. The van der Waals surface area contributed by atoms with Gasteiger partial charge in [0.1, 0.15) is 24.0 Å². The normalized spacial score (nSPS) is 14.4. The van der Waals surface area contributed by atoms with Crippen molar-refractivity contribution >= 4 is 17.5 Å². The molecule has 1 N–H and O–H groups in total. The van der Waals surface area contributed by atoms with Gasteiger partial charge in [-0.05, 0) is 49.4 Å². The van der Waals surface area contributed by atoms with Crippen LogP contribution < -0.4 is 20.4 Å². The summed E-state index contributed by atoms with van der Waals surface area (Å²) in [5, 5.41) is 2.69. The lowest BCUT2D eigenvalue weighted by Gasteiger charge is -2.21. The van der Waals surface area contributed by atoms with Crippen molar-refractivity contribution in [1.82, 2.24) is 14.9 Å². The van der Waals surface area contributed by atoms with Crippen LogP contribution in [-0.4, -0.2) is 41.1 Å². The first-order chi connectivity index (χ1) is 18.4. The fraction of sp³-hybridized carbons (Fsp3) is 0.133. The van der Waals surface area contributed by atoms with E-state index in [0.29, 0.717) is 22.7 Å². The van der Waals surface area contributed by atoms with Crippen LogP contribution in [0.2, 0.25) is 0 Å².